The van der Waals surface area contributed by atoms with Crippen molar-refractivity contribution >= 4 is 17.6 Å². The minimum Gasteiger partial charge on any atom is -0.497 e. The first-order valence-corrected chi connectivity index (χ1v) is 11.3. The van der Waals surface area contributed by atoms with Crippen LogP contribution >= 0.6 is 0 Å². The average Bonchev–Trinajstić information content (AvgIpc) is 3.17. The molecular formula is C25H29N5O4. The van der Waals surface area contributed by atoms with E-state index in [1.165, 1.54) is 12.4 Å². The number of aromatic nitrogens is 2. The summed E-state index contributed by atoms with van der Waals surface area (Å²) in [6, 6.07) is 8.78. The van der Waals surface area contributed by atoms with Crippen LogP contribution in [0.5, 0.6) is 5.75 Å². The van der Waals surface area contributed by atoms with Gasteiger partial charge in [-0.05, 0) is 62.6 Å². The van der Waals surface area contributed by atoms with Crippen LogP contribution in [0.1, 0.15) is 50.8 Å². The lowest BCUT2D eigenvalue weighted by atomic mass is 10.0. The van der Waals surface area contributed by atoms with Gasteiger partial charge in [-0.1, -0.05) is 0 Å². The summed E-state index contributed by atoms with van der Waals surface area (Å²) in [5, 5.41) is 5.73. The number of benzene rings is 1. The number of rotatable bonds is 7. The third-order valence-electron chi connectivity index (χ3n) is 6.02. The second kappa shape index (κ2) is 10.5. The average molecular weight is 464 g/mol. The van der Waals surface area contributed by atoms with Gasteiger partial charge in [-0.15, -0.1) is 0 Å². The molecule has 0 atom stereocenters. The quantitative estimate of drug-likeness (QED) is 0.553. The number of aryl methyl sites for hydroxylation is 2. The molecule has 0 aliphatic carbocycles. The van der Waals surface area contributed by atoms with Crippen molar-refractivity contribution in [3.63, 3.8) is 0 Å². The Morgan fingerprint density at radius 2 is 1.79 bits per heavy atom. The summed E-state index contributed by atoms with van der Waals surface area (Å²) >= 11 is 0. The predicted octanol–water partition coefficient (Wildman–Crippen LogP) is 3.34. The summed E-state index contributed by atoms with van der Waals surface area (Å²) in [4.78, 5) is 36.2. The van der Waals surface area contributed by atoms with E-state index in [2.05, 4.69) is 31.6 Å². The molecular weight excluding hydrogens is 434 g/mol. The standard InChI is InChI=1S/C25H29N5O4/c1-16-14-21(34-17(16)2)15-30-12-8-19(9-13-30)28-25(32)22-23(27-11-10-26-22)29-24(31)18-4-6-20(33-3)7-5-18/h4-7,10-11,14,19H,8-9,12-13,15H2,1-3H3,(H,28,32)(H,27,29,31). The summed E-state index contributed by atoms with van der Waals surface area (Å²) < 4.78 is 10.9. The Kier molecular flexibility index (Phi) is 7.22. The van der Waals surface area contributed by atoms with E-state index in [0.717, 1.165) is 49.6 Å². The van der Waals surface area contributed by atoms with Crippen LogP contribution in [0.25, 0.3) is 0 Å². The van der Waals surface area contributed by atoms with Crippen molar-refractivity contribution in [3.8, 4) is 5.75 Å². The molecule has 1 aliphatic heterocycles. The number of hydrogen-bond acceptors (Lipinski definition) is 7. The summed E-state index contributed by atoms with van der Waals surface area (Å²) in [5.41, 5.74) is 1.68. The summed E-state index contributed by atoms with van der Waals surface area (Å²) in [7, 11) is 1.56. The minimum atomic E-state index is -0.381. The number of furan rings is 1. The van der Waals surface area contributed by atoms with Crippen molar-refractivity contribution in [1.29, 1.82) is 0 Å². The van der Waals surface area contributed by atoms with E-state index in [-0.39, 0.29) is 29.4 Å². The number of amides is 2. The SMILES string of the molecule is COc1ccc(C(=O)Nc2nccnc2C(=O)NC2CCN(Cc3cc(C)c(C)o3)CC2)cc1. The highest BCUT2D eigenvalue weighted by molar-refractivity contribution is 6.07. The van der Waals surface area contributed by atoms with Gasteiger partial charge in [-0.2, -0.15) is 0 Å². The predicted molar refractivity (Wildman–Crippen MR) is 127 cm³/mol. The largest absolute Gasteiger partial charge is 0.497 e. The lowest BCUT2D eigenvalue weighted by molar-refractivity contribution is 0.0901. The monoisotopic (exact) mass is 463 g/mol. The van der Waals surface area contributed by atoms with Crippen LogP contribution in [-0.2, 0) is 6.54 Å². The molecule has 9 heteroatoms. The highest BCUT2D eigenvalue weighted by Crippen LogP contribution is 2.19. The van der Waals surface area contributed by atoms with Gasteiger partial charge in [0.15, 0.2) is 11.5 Å². The number of hydrogen-bond donors (Lipinski definition) is 2. The fraction of sp³-hybridized carbons (Fsp3) is 0.360. The lowest BCUT2D eigenvalue weighted by Gasteiger charge is -2.31. The van der Waals surface area contributed by atoms with Crippen LogP contribution in [0.15, 0.2) is 47.1 Å². The van der Waals surface area contributed by atoms with E-state index < -0.39 is 0 Å². The first-order valence-electron chi connectivity index (χ1n) is 11.3. The van der Waals surface area contributed by atoms with E-state index in [1.54, 1.807) is 31.4 Å². The van der Waals surface area contributed by atoms with Crippen molar-refractivity contribution in [2.24, 2.45) is 0 Å². The van der Waals surface area contributed by atoms with Gasteiger partial charge < -0.3 is 19.8 Å². The molecule has 178 valence electrons. The van der Waals surface area contributed by atoms with Gasteiger partial charge in [0, 0.05) is 37.1 Å². The van der Waals surface area contributed by atoms with Crippen LogP contribution in [0.4, 0.5) is 5.82 Å². The summed E-state index contributed by atoms with van der Waals surface area (Å²) in [6.07, 6.45) is 4.52. The van der Waals surface area contributed by atoms with E-state index >= 15 is 0 Å². The first kappa shape index (κ1) is 23.4. The topological polar surface area (TPSA) is 110 Å². The Bertz CT molecular complexity index is 1130. The van der Waals surface area contributed by atoms with Crippen LogP contribution in [-0.4, -0.2) is 52.9 Å². The molecule has 3 aromatic rings. The van der Waals surface area contributed by atoms with Crippen molar-refractivity contribution < 1.29 is 18.7 Å². The molecule has 1 aliphatic rings. The zero-order chi connectivity index (χ0) is 24.1. The Balaban J connectivity index is 1.33. The van der Waals surface area contributed by atoms with Crippen LogP contribution in [0, 0.1) is 13.8 Å². The molecule has 34 heavy (non-hydrogen) atoms. The molecule has 9 nitrogen and oxygen atoms in total. The molecule has 2 N–H and O–H groups in total. The number of methoxy groups -OCH3 is 1. The molecule has 1 aromatic carbocycles. The number of carbonyl (C=O) groups is 2. The fourth-order valence-electron chi connectivity index (χ4n) is 3.95. The maximum absolute atomic E-state index is 12.9. The van der Waals surface area contributed by atoms with Gasteiger partial charge in [0.2, 0.25) is 0 Å². The molecule has 1 saturated heterocycles. The van der Waals surface area contributed by atoms with Crippen LogP contribution < -0.4 is 15.4 Å². The minimum absolute atomic E-state index is 0.0240. The van der Waals surface area contributed by atoms with Gasteiger partial charge >= 0.3 is 0 Å². The van der Waals surface area contributed by atoms with E-state index in [0.29, 0.717) is 11.3 Å². The Morgan fingerprint density at radius 3 is 2.44 bits per heavy atom. The van der Waals surface area contributed by atoms with Crippen LogP contribution in [0.3, 0.4) is 0 Å². The zero-order valence-electron chi connectivity index (χ0n) is 19.6. The number of piperidine rings is 1. The van der Waals surface area contributed by atoms with Gasteiger partial charge in [0.05, 0.1) is 13.7 Å². The number of nitrogens with zero attached hydrogens (tertiary/aromatic N) is 3. The smallest absolute Gasteiger partial charge is 0.273 e. The Hall–Kier alpha value is -3.72. The van der Waals surface area contributed by atoms with E-state index in [9.17, 15) is 9.59 Å². The van der Waals surface area contributed by atoms with E-state index in [4.69, 9.17) is 9.15 Å². The molecule has 0 bridgehead atoms. The fourth-order valence-corrected chi connectivity index (χ4v) is 3.95. The third kappa shape index (κ3) is 5.60. The molecule has 4 rings (SSSR count). The number of carbonyl (C=O) groups excluding carboxylic acids is 2. The van der Waals surface area contributed by atoms with Crippen molar-refractivity contribution in [2.45, 2.75) is 39.3 Å². The number of nitrogens with one attached hydrogen (secondary N) is 2. The highest BCUT2D eigenvalue weighted by atomic mass is 16.5. The molecule has 3 heterocycles. The van der Waals surface area contributed by atoms with Crippen molar-refractivity contribution in [2.75, 3.05) is 25.5 Å². The van der Waals surface area contributed by atoms with Crippen molar-refractivity contribution in [3.05, 3.63) is 71.1 Å². The van der Waals surface area contributed by atoms with Crippen LogP contribution in [0.2, 0.25) is 0 Å². The molecule has 2 aromatic heterocycles. The second-order valence-corrected chi connectivity index (χ2v) is 8.41. The molecule has 0 saturated carbocycles. The normalized spacial score (nSPS) is 14.6. The second-order valence-electron chi connectivity index (χ2n) is 8.41. The first-order chi connectivity index (χ1) is 16.4. The number of anilines is 1. The van der Waals surface area contributed by atoms with Gasteiger partial charge in [-0.3, -0.25) is 14.5 Å². The van der Waals surface area contributed by atoms with E-state index in [1.807, 2.05) is 13.8 Å². The van der Waals surface area contributed by atoms with Gasteiger partial charge in [-0.25, -0.2) is 9.97 Å². The Labute approximate surface area is 198 Å². The summed E-state index contributed by atoms with van der Waals surface area (Å²) in [5.74, 6) is 1.96. The van der Waals surface area contributed by atoms with Gasteiger partial charge in [0.1, 0.15) is 17.3 Å². The third-order valence-corrected chi connectivity index (χ3v) is 6.02. The molecule has 2 amide bonds. The van der Waals surface area contributed by atoms with Gasteiger partial charge in [0.25, 0.3) is 11.8 Å². The molecule has 0 radical (unpaired) electrons. The highest BCUT2D eigenvalue weighted by Gasteiger charge is 2.24. The molecule has 0 unspecified atom stereocenters. The maximum atomic E-state index is 12.9. The maximum Gasteiger partial charge on any atom is 0.273 e. The number of likely N-dealkylation sites (tertiary alicyclic amines) is 1. The lowest BCUT2D eigenvalue weighted by Crippen LogP contribution is -2.44. The zero-order valence-corrected chi connectivity index (χ0v) is 19.6. The molecule has 1 fully saturated rings. The molecule has 0 spiro atoms. The number of ether oxygens (including phenoxy) is 1. The van der Waals surface area contributed by atoms with Crippen molar-refractivity contribution in [1.82, 2.24) is 20.2 Å². The summed E-state index contributed by atoms with van der Waals surface area (Å²) in [6.45, 7) is 6.49. The Morgan fingerprint density at radius 1 is 1.09 bits per heavy atom.